The van der Waals surface area contributed by atoms with Gasteiger partial charge in [0.05, 0.1) is 5.39 Å². The van der Waals surface area contributed by atoms with E-state index in [1.165, 1.54) is 0 Å². The Morgan fingerprint density at radius 1 is 0.577 bits per heavy atom. The Kier molecular flexibility index (Phi) is 3.42. The van der Waals surface area contributed by atoms with Crippen molar-refractivity contribution in [2.75, 3.05) is 0 Å². The van der Waals surface area contributed by atoms with Crippen molar-refractivity contribution in [2.24, 2.45) is 0 Å². The van der Waals surface area contributed by atoms with Gasteiger partial charge in [0.25, 0.3) is 0 Å². The van der Waals surface area contributed by atoms with E-state index < -0.39 is 0 Å². The van der Waals surface area contributed by atoms with Crippen LogP contribution >= 0.6 is 0 Å². The van der Waals surface area contributed by atoms with E-state index in [2.05, 4.69) is 42.5 Å². The molecule has 0 bridgehead atoms. The predicted molar refractivity (Wildman–Crippen MR) is 104 cm³/mol. The number of nitrogens with zero attached hydrogens (tertiary/aromatic N) is 3. The zero-order valence-corrected chi connectivity index (χ0v) is 14.1. The van der Waals surface area contributed by atoms with Gasteiger partial charge in [-0.3, -0.25) is 0 Å². The Balaban J connectivity index is 1.90. The van der Waals surface area contributed by atoms with E-state index in [4.69, 9.17) is 10.1 Å². The number of rotatable bonds is 2. The van der Waals surface area contributed by atoms with Gasteiger partial charge in [-0.1, -0.05) is 84.0 Å². The van der Waals surface area contributed by atoms with Crippen LogP contribution in [0.5, 0.6) is 0 Å². The molecule has 26 heavy (non-hydrogen) atoms. The first-order valence-corrected chi connectivity index (χ1v) is 8.62. The van der Waals surface area contributed by atoms with E-state index in [0.29, 0.717) is 0 Å². The largest absolute Gasteiger partial charge is 0.356 e. The SMILES string of the molecule is c1ccc(-c2nc3c4ccccc4cc[n+]3nc2-c2ccccc2)cc1. The maximum absolute atomic E-state index is 5.05. The molecule has 5 rings (SSSR count). The number of hydrogen-bond acceptors (Lipinski definition) is 2. The van der Waals surface area contributed by atoms with Gasteiger partial charge in [0.1, 0.15) is 6.20 Å². The number of fused-ring (bicyclic) bond motifs is 3. The molecule has 0 spiro atoms. The molecule has 0 N–H and O–H groups in total. The molecule has 0 saturated heterocycles. The fourth-order valence-electron chi connectivity index (χ4n) is 3.28. The number of pyridine rings is 1. The molecule has 0 aliphatic carbocycles. The minimum Gasteiger partial charge on any atom is -0.100 e. The molecule has 0 saturated carbocycles. The minimum atomic E-state index is 0.863. The van der Waals surface area contributed by atoms with Crippen molar-refractivity contribution in [3.05, 3.63) is 97.2 Å². The van der Waals surface area contributed by atoms with Gasteiger partial charge in [-0.05, 0) is 22.5 Å². The zero-order valence-electron chi connectivity index (χ0n) is 14.1. The first-order chi connectivity index (χ1) is 12.9. The van der Waals surface area contributed by atoms with Gasteiger partial charge in [-0.2, -0.15) is 0 Å². The predicted octanol–water partition coefficient (Wildman–Crippen LogP) is 4.70. The highest BCUT2D eigenvalue weighted by Gasteiger charge is 2.21. The van der Waals surface area contributed by atoms with E-state index in [1.54, 1.807) is 0 Å². The maximum atomic E-state index is 5.05. The molecule has 3 heteroatoms. The first-order valence-electron chi connectivity index (χ1n) is 8.62. The van der Waals surface area contributed by atoms with Crippen LogP contribution in [0.2, 0.25) is 0 Å². The van der Waals surface area contributed by atoms with Crippen LogP contribution in [-0.4, -0.2) is 10.1 Å². The van der Waals surface area contributed by atoms with Crippen LogP contribution in [0.4, 0.5) is 0 Å². The summed E-state index contributed by atoms with van der Waals surface area (Å²) in [5.74, 6) is 0. The fourth-order valence-corrected chi connectivity index (χ4v) is 3.28. The zero-order chi connectivity index (χ0) is 17.3. The van der Waals surface area contributed by atoms with E-state index in [1.807, 2.05) is 59.2 Å². The summed E-state index contributed by atoms with van der Waals surface area (Å²) in [6.07, 6.45) is 1.98. The van der Waals surface area contributed by atoms with Gasteiger partial charge < -0.3 is 0 Å². The summed E-state index contributed by atoms with van der Waals surface area (Å²) >= 11 is 0. The molecule has 122 valence electrons. The van der Waals surface area contributed by atoms with Crippen LogP contribution in [0.25, 0.3) is 38.9 Å². The number of aromatic nitrogens is 3. The van der Waals surface area contributed by atoms with Gasteiger partial charge in [0.2, 0.25) is 5.69 Å². The van der Waals surface area contributed by atoms with Crippen molar-refractivity contribution in [1.29, 1.82) is 0 Å². The molecule has 5 aromatic rings. The summed E-state index contributed by atoms with van der Waals surface area (Å²) < 4.78 is 1.87. The first kappa shape index (κ1) is 14.7. The Bertz CT molecular complexity index is 1220. The highest BCUT2D eigenvalue weighted by molar-refractivity contribution is 5.92. The second-order valence-corrected chi connectivity index (χ2v) is 6.21. The highest BCUT2D eigenvalue weighted by atomic mass is 15.2. The van der Waals surface area contributed by atoms with E-state index >= 15 is 0 Å². The molecule has 0 unspecified atom stereocenters. The monoisotopic (exact) mass is 334 g/mol. The lowest BCUT2D eigenvalue weighted by Crippen LogP contribution is -2.29. The lowest BCUT2D eigenvalue weighted by atomic mass is 10.0. The minimum absolute atomic E-state index is 0.863. The van der Waals surface area contributed by atoms with Gasteiger partial charge in [0, 0.05) is 11.1 Å². The van der Waals surface area contributed by atoms with E-state index in [0.717, 1.165) is 38.9 Å². The van der Waals surface area contributed by atoms with Crippen LogP contribution in [0, 0.1) is 0 Å². The second-order valence-electron chi connectivity index (χ2n) is 6.21. The standard InChI is InChI=1S/C23H16N3/c1-3-10-18(11-4-1)21-22(19-12-5-2-6-13-19)25-26-16-15-17-9-7-8-14-20(17)23(26)24-21/h1-16H/q+1. The lowest BCUT2D eigenvalue weighted by Gasteiger charge is -2.05. The quantitative estimate of drug-likeness (QED) is 0.346. The molecule has 0 fully saturated rings. The molecule has 0 amide bonds. The summed E-state index contributed by atoms with van der Waals surface area (Å²) in [5, 5.41) is 7.18. The molecule has 2 aromatic heterocycles. The Morgan fingerprint density at radius 2 is 1.19 bits per heavy atom. The third-order valence-electron chi connectivity index (χ3n) is 4.56. The molecule has 0 radical (unpaired) electrons. The van der Waals surface area contributed by atoms with E-state index in [9.17, 15) is 0 Å². The normalized spacial score (nSPS) is 11.1. The Morgan fingerprint density at radius 3 is 1.92 bits per heavy atom. The van der Waals surface area contributed by atoms with Crippen molar-refractivity contribution < 1.29 is 4.52 Å². The van der Waals surface area contributed by atoms with Crippen LogP contribution in [0.1, 0.15) is 0 Å². The second kappa shape index (κ2) is 6.05. The van der Waals surface area contributed by atoms with E-state index in [-0.39, 0.29) is 0 Å². The topological polar surface area (TPSA) is 29.9 Å². The van der Waals surface area contributed by atoms with Crippen molar-refractivity contribution in [3.8, 4) is 22.5 Å². The third kappa shape index (κ3) is 2.42. The average molecular weight is 334 g/mol. The van der Waals surface area contributed by atoms with Gasteiger partial charge >= 0.3 is 5.65 Å². The summed E-state index contributed by atoms with van der Waals surface area (Å²) in [6, 6.07) is 30.8. The Hall–Kier alpha value is -3.59. The van der Waals surface area contributed by atoms with Crippen molar-refractivity contribution in [3.63, 3.8) is 0 Å². The number of benzene rings is 3. The molecule has 0 atom stereocenters. The van der Waals surface area contributed by atoms with Crippen molar-refractivity contribution >= 4 is 16.4 Å². The molecular weight excluding hydrogens is 318 g/mol. The molecule has 0 aliphatic heterocycles. The summed E-state index contributed by atoms with van der Waals surface area (Å²) in [6.45, 7) is 0. The third-order valence-corrected chi connectivity index (χ3v) is 4.56. The van der Waals surface area contributed by atoms with Crippen LogP contribution in [0.3, 0.4) is 0 Å². The number of hydrogen-bond donors (Lipinski definition) is 0. The van der Waals surface area contributed by atoms with Gasteiger partial charge in [0.15, 0.2) is 5.69 Å². The summed E-state index contributed by atoms with van der Waals surface area (Å²) in [7, 11) is 0. The smallest absolute Gasteiger partial charge is 0.100 e. The lowest BCUT2D eigenvalue weighted by molar-refractivity contribution is -0.580. The van der Waals surface area contributed by atoms with Crippen molar-refractivity contribution in [1.82, 2.24) is 10.1 Å². The average Bonchev–Trinajstić information content (AvgIpc) is 2.74. The van der Waals surface area contributed by atoms with Crippen LogP contribution in [0.15, 0.2) is 97.2 Å². The van der Waals surface area contributed by atoms with Crippen LogP contribution in [-0.2, 0) is 0 Å². The van der Waals surface area contributed by atoms with Crippen molar-refractivity contribution in [2.45, 2.75) is 0 Å². The summed E-state index contributed by atoms with van der Waals surface area (Å²) in [5.41, 5.74) is 4.76. The molecule has 2 heterocycles. The summed E-state index contributed by atoms with van der Waals surface area (Å²) in [4.78, 5) is 5.05. The Labute approximate surface area is 151 Å². The fraction of sp³-hybridized carbons (Fsp3) is 0. The van der Waals surface area contributed by atoms with Gasteiger partial charge in [-0.15, -0.1) is 4.52 Å². The molecular formula is C23H16N3+. The van der Waals surface area contributed by atoms with Crippen LogP contribution < -0.4 is 4.52 Å². The molecule has 3 nitrogen and oxygen atoms in total. The van der Waals surface area contributed by atoms with Gasteiger partial charge in [-0.25, -0.2) is 0 Å². The highest BCUT2D eigenvalue weighted by Crippen LogP contribution is 2.28. The maximum Gasteiger partial charge on any atom is 0.356 e. The molecule has 3 aromatic carbocycles. The molecule has 0 aliphatic rings.